The van der Waals surface area contributed by atoms with Crippen LogP contribution in [0.4, 0.5) is 0 Å². The molecule has 4 rings (SSSR count). The minimum Gasteiger partial charge on any atom is -0.507 e. The van der Waals surface area contributed by atoms with Gasteiger partial charge in [0.2, 0.25) is 0 Å². The van der Waals surface area contributed by atoms with Crippen LogP contribution >= 0.6 is 11.3 Å². The van der Waals surface area contributed by atoms with E-state index in [2.05, 4.69) is 4.90 Å². The molecule has 8 heteroatoms. The van der Waals surface area contributed by atoms with Gasteiger partial charge in [0.25, 0.3) is 11.7 Å². The molecular weight excluding hydrogens is 416 g/mol. The summed E-state index contributed by atoms with van der Waals surface area (Å²) >= 11 is 1.47. The largest absolute Gasteiger partial charge is 0.507 e. The number of carbonyl (C=O) groups excluding carboxylic acids is 2. The molecular formula is C23H26N2O5S. The summed E-state index contributed by atoms with van der Waals surface area (Å²) in [6, 6.07) is 10.1. The van der Waals surface area contributed by atoms with E-state index in [9.17, 15) is 14.7 Å². The Morgan fingerprint density at radius 3 is 2.71 bits per heavy atom. The highest BCUT2D eigenvalue weighted by Gasteiger charge is 2.46. The Balaban J connectivity index is 1.68. The molecule has 1 N–H and O–H groups in total. The fraction of sp³-hybridized carbons (Fsp3) is 0.391. The van der Waals surface area contributed by atoms with Crippen LogP contribution in [0.15, 0.2) is 47.4 Å². The summed E-state index contributed by atoms with van der Waals surface area (Å²) in [7, 11) is 0. The zero-order valence-electron chi connectivity index (χ0n) is 17.5. The number of rotatable bonds is 7. The Labute approximate surface area is 185 Å². The van der Waals surface area contributed by atoms with Gasteiger partial charge >= 0.3 is 0 Å². The molecule has 1 aromatic carbocycles. The van der Waals surface area contributed by atoms with Crippen LogP contribution in [-0.4, -0.2) is 72.6 Å². The van der Waals surface area contributed by atoms with Crippen LogP contribution in [-0.2, 0) is 14.3 Å². The number of aliphatic hydroxyl groups excluding tert-OH is 1. The molecule has 7 nitrogen and oxygen atoms in total. The Morgan fingerprint density at radius 1 is 1.19 bits per heavy atom. The van der Waals surface area contributed by atoms with Gasteiger partial charge in [-0.05, 0) is 30.5 Å². The Morgan fingerprint density at radius 2 is 2.00 bits per heavy atom. The number of thiophene rings is 1. The number of hydrogen-bond acceptors (Lipinski definition) is 7. The molecule has 1 atom stereocenters. The van der Waals surface area contributed by atoms with Crippen molar-refractivity contribution in [3.63, 3.8) is 0 Å². The molecule has 1 aromatic heterocycles. The lowest BCUT2D eigenvalue weighted by Crippen LogP contribution is -2.42. The fourth-order valence-corrected chi connectivity index (χ4v) is 4.83. The number of Topliss-reactive ketones (excluding diaryl/α,β-unsaturated/α-hetero) is 1. The summed E-state index contributed by atoms with van der Waals surface area (Å²) in [4.78, 5) is 30.7. The molecule has 2 fully saturated rings. The molecule has 2 aliphatic heterocycles. The van der Waals surface area contributed by atoms with E-state index < -0.39 is 17.7 Å². The molecule has 0 saturated carbocycles. The molecule has 164 valence electrons. The lowest BCUT2D eigenvalue weighted by atomic mass is 9.99. The predicted molar refractivity (Wildman–Crippen MR) is 118 cm³/mol. The predicted octanol–water partition coefficient (Wildman–Crippen LogP) is 2.90. The Bertz CT molecular complexity index is 966. The third-order valence-electron chi connectivity index (χ3n) is 5.53. The monoisotopic (exact) mass is 442 g/mol. The quantitative estimate of drug-likeness (QED) is 0.404. The average molecular weight is 443 g/mol. The number of amides is 1. The molecule has 0 spiro atoms. The third-order valence-corrected chi connectivity index (χ3v) is 6.46. The van der Waals surface area contributed by atoms with E-state index in [1.165, 1.54) is 11.3 Å². The van der Waals surface area contributed by atoms with Gasteiger partial charge in [0, 0.05) is 36.6 Å². The van der Waals surface area contributed by atoms with Crippen LogP contribution in [0.2, 0.25) is 0 Å². The smallest absolute Gasteiger partial charge is 0.295 e. The average Bonchev–Trinajstić information content (AvgIpc) is 3.40. The van der Waals surface area contributed by atoms with Gasteiger partial charge in [0.1, 0.15) is 11.5 Å². The summed E-state index contributed by atoms with van der Waals surface area (Å²) < 4.78 is 10.9. The number of ketones is 1. The van der Waals surface area contributed by atoms with Crippen LogP contribution < -0.4 is 4.74 Å². The van der Waals surface area contributed by atoms with Crippen molar-refractivity contribution in [1.29, 1.82) is 0 Å². The van der Waals surface area contributed by atoms with Crippen molar-refractivity contribution >= 4 is 28.8 Å². The van der Waals surface area contributed by atoms with Crippen molar-refractivity contribution < 1.29 is 24.2 Å². The van der Waals surface area contributed by atoms with Gasteiger partial charge < -0.3 is 19.5 Å². The highest BCUT2D eigenvalue weighted by molar-refractivity contribution is 7.10. The highest BCUT2D eigenvalue weighted by atomic mass is 32.1. The number of nitrogens with zero attached hydrogens (tertiary/aromatic N) is 2. The molecule has 2 aromatic rings. The van der Waals surface area contributed by atoms with Crippen molar-refractivity contribution in [2.24, 2.45) is 0 Å². The second kappa shape index (κ2) is 9.64. The lowest BCUT2D eigenvalue weighted by molar-refractivity contribution is -0.140. The second-order valence-corrected chi connectivity index (χ2v) is 8.40. The number of morpholine rings is 1. The summed E-state index contributed by atoms with van der Waals surface area (Å²) in [6.45, 7) is 6.37. The Hall–Kier alpha value is -2.68. The van der Waals surface area contributed by atoms with Crippen LogP contribution in [0.25, 0.3) is 5.76 Å². The van der Waals surface area contributed by atoms with Crippen LogP contribution in [0, 0.1) is 0 Å². The summed E-state index contributed by atoms with van der Waals surface area (Å²) in [6.07, 6.45) is 0. The van der Waals surface area contributed by atoms with E-state index in [0.717, 1.165) is 18.0 Å². The first-order chi connectivity index (χ1) is 15.1. The standard InChI is InChI=1S/C23H26N2O5S/c1-2-30-17-6-3-5-16(15-17)21(26)19-20(18-7-4-14-31-18)25(23(28)22(19)27)9-8-24-10-12-29-13-11-24/h3-7,14-15,20,26H,2,8-13H2,1H3/t20-/m0/s1. The van der Waals surface area contributed by atoms with E-state index in [0.29, 0.717) is 44.2 Å². The van der Waals surface area contributed by atoms with Crippen molar-refractivity contribution in [2.75, 3.05) is 46.0 Å². The van der Waals surface area contributed by atoms with E-state index >= 15 is 0 Å². The molecule has 0 unspecified atom stereocenters. The van der Waals surface area contributed by atoms with Gasteiger partial charge in [-0.25, -0.2) is 0 Å². The highest BCUT2D eigenvalue weighted by Crippen LogP contribution is 2.41. The zero-order valence-corrected chi connectivity index (χ0v) is 18.3. The maximum absolute atomic E-state index is 13.0. The SMILES string of the molecule is CCOc1cccc(C(O)=C2C(=O)C(=O)N(CCN3CCOCC3)[C@H]2c2cccs2)c1. The van der Waals surface area contributed by atoms with Crippen LogP contribution in [0.1, 0.15) is 23.4 Å². The normalized spacial score (nSPS) is 21.6. The number of likely N-dealkylation sites (tertiary alicyclic amines) is 1. The maximum atomic E-state index is 13.0. The molecule has 2 saturated heterocycles. The number of carbonyl (C=O) groups is 2. The number of aliphatic hydroxyl groups is 1. The maximum Gasteiger partial charge on any atom is 0.295 e. The topological polar surface area (TPSA) is 79.3 Å². The molecule has 0 radical (unpaired) electrons. The first-order valence-corrected chi connectivity index (χ1v) is 11.3. The van der Waals surface area contributed by atoms with Crippen molar-refractivity contribution in [3.05, 3.63) is 57.8 Å². The third kappa shape index (κ3) is 4.51. The van der Waals surface area contributed by atoms with E-state index in [1.807, 2.05) is 24.4 Å². The van der Waals surface area contributed by atoms with Crippen LogP contribution in [0.3, 0.4) is 0 Å². The molecule has 0 bridgehead atoms. The van der Waals surface area contributed by atoms with Gasteiger partial charge in [-0.1, -0.05) is 18.2 Å². The van der Waals surface area contributed by atoms with Crippen molar-refractivity contribution in [1.82, 2.24) is 9.80 Å². The number of ether oxygens (including phenoxy) is 2. The Kier molecular flexibility index (Phi) is 6.70. The van der Waals surface area contributed by atoms with E-state index in [1.54, 1.807) is 29.2 Å². The lowest BCUT2D eigenvalue weighted by Gasteiger charge is -2.30. The molecule has 2 aliphatic rings. The van der Waals surface area contributed by atoms with E-state index in [-0.39, 0.29) is 11.3 Å². The van der Waals surface area contributed by atoms with E-state index in [4.69, 9.17) is 9.47 Å². The summed E-state index contributed by atoms with van der Waals surface area (Å²) in [5, 5.41) is 13.0. The van der Waals surface area contributed by atoms with Gasteiger partial charge in [-0.15, -0.1) is 11.3 Å². The molecule has 31 heavy (non-hydrogen) atoms. The second-order valence-electron chi connectivity index (χ2n) is 7.42. The number of benzene rings is 1. The zero-order chi connectivity index (χ0) is 21.8. The molecule has 1 amide bonds. The summed E-state index contributed by atoms with van der Waals surface area (Å²) in [5.74, 6) is -0.804. The molecule has 0 aliphatic carbocycles. The van der Waals surface area contributed by atoms with Gasteiger partial charge in [-0.2, -0.15) is 0 Å². The minimum absolute atomic E-state index is 0.128. The van der Waals surface area contributed by atoms with Crippen molar-refractivity contribution in [3.8, 4) is 5.75 Å². The number of hydrogen-bond donors (Lipinski definition) is 1. The molecule has 3 heterocycles. The van der Waals surface area contributed by atoms with Gasteiger partial charge in [0.15, 0.2) is 0 Å². The van der Waals surface area contributed by atoms with Gasteiger partial charge in [0.05, 0.1) is 31.4 Å². The minimum atomic E-state index is -0.653. The first-order valence-electron chi connectivity index (χ1n) is 10.4. The van der Waals surface area contributed by atoms with Crippen molar-refractivity contribution in [2.45, 2.75) is 13.0 Å². The first kappa shape index (κ1) is 21.5. The van der Waals surface area contributed by atoms with Crippen LogP contribution in [0.5, 0.6) is 5.75 Å². The fourth-order valence-electron chi connectivity index (χ4n) is 3.98. The van der Waals surface area contributed by atoms with Gasteiger partial charge in [-0.3, -0.25) is 14.5 Å². The summed E-state index contributed by atoms with van der Waals surface area (Å²) in [5.41, 5.74) is 0.585.